The largest absolute Gasteiger partial charge is 0.470 e. The van der Waals surface area contributed by atoms with E-state index in [1.807, 2.05) is 6.07 Å². The normalized spacial score (nSPS) is 12.5. The van der Waals surface area contributed by atoms with Crippen LogP contribution in [-0.4, -0.2) is 37.0 Å². The van der Waals surface area contributed by atoms with Crippen LogP contribution in [0.5, 0.6) is 0 Å². The Bertz CT molecular complexity index is 1430. The number of nitrogens with zero attached hydrogens (tertiary/aromatic N) is 2. The van der Waals surface area contributed by atoms with E-state index in [4.69, 9.17) is 16.0 Å². The second-order valence-electron chi connectivity index (χ2n) is 12.2. The van der Waals surface area contributed by atoms with Crippen molar-refractivity contribution in [3.05, 3.63) is 82.3 Å². The third-order valence-corrected chi connectivity index (χ3v) is 8.24. The molecule has 2 amide bonds. The number of anilines is 2. The summed E-state index contributed by atoms with van der Waals surface area (Å²) in [6, 6.07) is 15.2. The molecule has 0 aromatic heterocycles. The summed E-state index contributed by atoms with van der Waals surface area (Å²) in [5.41, 5.74) is 2.00. The van der Waals surface area contributed by atoms with Crippen molar-refractivity contribution < 1.29 is 28.7 Å². The molecule has 10 nitrogen and oxygen atoms in total. The monoisotopic (exact) mass is 682 g/mol. The number of carbonyl (C=O) groups is 4. The number of nitriles is 1. The molecule has 0 aliphatic heterocycles. The topological polar surface area (TPSA) is 139 Å². The predicted molar refractivity (Wildman–Crippen MR) is 196 cm³/mol. The van der Waals surface area contributed by atoms with Crippen LogP contribution in [0.4, 0.5) is 11.4 Å². The van der Waals surface area contributed by atoms with Gasteiger partial charge in [-0.2, -0.15) is 5.26 Å². The molecule has 0 spiro atoms. The van der Waals surface area contributed by atoms with Crippen LogP contribution in [0.1, 0.15) is 103 Å². The maximum absolute atomic E-state index is 12.5. The number of hydrogen-bond acceptors (Lipinski definition) is 7. The molecule has 0 saturated carbocycles. The van der Waals surface area contributed by atoms with Crippen LogP contribution in [0.15, 0.2) is 59.8 Å². The van der Waals surface area contributed by atoms with E-state index in [1.165, 1.54) is 12.2 Å². The molecule has 2 aromatic rings. The lowest BCUT2D eigenvalue weighted by Crippen LogP contribution is -2.17. The molecule has 0 aliphatic carbocycles. The number of hydrogen-bond donors (Lipinski definition) is 2. The van der Waals surface area contributed by atoms with Gasteiger partial charge in [-0.05, 0) is 72.2 Å². The van der Waals surface area contributed by atoms with Gasteiger partial charge in [0.1, 0.15) is 11.6 Å². The molecule has 0 radical (unpaired) electrons. The van der Waals surface area contributed by atoms with Crippen molar-refractivity contribution >= 4 is 47.3 Å². The summed E-state index contributed by atoms with van der Waals surface area (Å²) < 4.78 is 10.8. The number of benzene rings is 2. The Labute approximate surface area is 296 Å². The van der Waals surface area contributed by atoms with Crippen molar-refractivity contribution in [2.24, 2.45) is 11.8 Å². The molecule has 10 heteroatoms. The van der Waals surface area contributed by atoms with Crippen molar-refractivity contribution in [3.8, 4) is 6.07 Å². The van der Waals surface area contributed by atoms with Gasteiger partial charge in [0.25, 0.3) is 5.70 Å². The summed E-state index contributed by atoms with van der Waals surface area (Å²) in [5.74, 6) is -1.47. The molecule has 2 aromatic carbocycles. The quantitative estimate of drug-likeness (QED) is 0.0581. The molecular weight excluding hydrogens is 632 g/mol. The summed E-state index contributed by atoms with van der Waals surface area (Å²) in [7, 11) is 0. The van der Waals surface area contributed by atoms with Crippen molar-refractivity contribution in [2.75, 3.05) is 23.8 Å². The fourth-order valence-electron chi connectivity index (χ4n) is 4.93. The first kappa shape index (κ1) is 41.0. The summed E-state index contributed by atoms with van der Waals surface area (Å²) in [6.45, 7) is 16.3. The minimum atomic E-state index is -0.657. The SMILES string of the molecule is [C-]#[N+]/C(=C\c1ccc(NC(=O)CCC(=O)Nc2ccc(/C=C(\C#N)C(=O)OCC(CC)CCCC)cc2)cc1)C(=O)OCC(CC)CCCC. The van der Waals surface area contributed by atoms with E-state index in [-0.39, 0.29) is 61.0 Å². The number of carbonyl (C=O) groups excluding carboxylic acids is 4. The van der Waals surface area contributed by atoms with Crippen molar-refractivity contribution in [1.82, 2.24) is 0 Å². The first-order valence-corrected chi connectivity index (χ1v) is 17.5. The zero-order valence-electron chi connectivity index (χ0n) is 29.8. The van der Waals surface area contributed by atoms with Gasteiger partial charge in [0.15, 0.2) is 0 Å². The number of nitrogens with one attached hydrogen (secondary N) is 2. The predicted octanol–water partition coefficient (Wildman–Crippen LogP) is 8.73. The van der Waals surface area contributed by atoms with Crippen LogP contribution in [0, 0.1) is 29.7 Å². The Kier molecular flexibility index (Phi) is 19.0. The zero-order valence-corrected chi connectivity index (χ0v) is 29.8. The zero-order chi connectivity index (χ0) is 36.7. The molecule has 0 saturated heterocycles. The van der Waals surface area contributed by atoms with Crippen LogP contribution >= 0.6 is 0 Å². The first-order chi connectivity index (χ1) is 24.1. The maximum Gasteiger partial charge on any atom is 0.348 e. The number of rotatable bonds is 21. The Morgan fingerprint density at radius 3 is 1.58 bits per heavy atom. The lowest BCUT2D eigenvalue weighted by molar-refractivity contribution is -0.140. The molecule has 2 rings (SSSR count). The van der Waals surface area contributed by atoms with Crippen molar-refractivity contribution in [1.29, 1.82) is 5.26 Å². The number of amides is 2. The van der Waals surface area contributed by atoms with E-state index in [9.17, 15) is 24.4 Å². The summed E-state index contributed by atoms with van der Waals surface area (Å²) in [5, 5.41) is 15.0. The highest BCUT2D eigenvalue weighted by Gasteiger charge is 2.16. The number of esters is 2. The Morgan fingerprint density at radius 2 is 1.18 bits per heavy atom. The maximum atomic E-state index is 12.5. The van der Waals surface area contributed by atoms with Gasteiger partial charge in [-0.15, -0.1) is 0 Å². The van der Waals surface area contributed by atoms with E-state index < -0.39 is 11.9 Å². The molecule has 0 heterocycles. The number of unbranched alkanes of at least 4 members (excludes halogenated alkanes) is 2. The fourth-order valence-corrected chi connectivity index (χ4v) is 4.93. The van der Waals surface area contributed by atoms with E-state index in [1.54, 1.807) is 48.5 Å². The van der Waals surface area contributed by atoms with Crippen LogP contribution in [0.2, 0.25) is 0 Å². The molecule has 0 fully saturated rings. The third kappa shape index (κ3) is 15.3. The van der Waals surface area contributed by atoms with Crippen molar-refractivity contribution in [3.63, 3.8) is 0 Å². The van der Waals surface area contributed by atoms with E-state index in [0.717, 1.165) is 51.4 Å². The van der Waals surface area contributed by atoms with Crippen LogP contribution in [0.3, 0.4) is 0 Å². The minimum Gasteiger partial charge on any atom is -0.470 e. The summed E-state index contributed by atoms with van der Waals surface area (Å²) in [4.78, 5) is 53.2. The van der Waals surface area contributed by atoms with Gasteiger partial charge in [0.05, 0.1) is 19.8 Å². The Morgan fingerprint density at radius 1 is 0.740 bits per heavy atom. The lowest BCUT2D eigenvalue weighted by atomic mass is 10.0. The minimum absolute atomic E-state index is 0.0516. The second kappa shape index (κ2) is 23.2. The average Bonchev–Trinajstić information content (AvgIpc) is 3.13. The van der Waals surface area contributed by atoms with E-state index in [2.05, 4.69) is 43.2 Å². The fraction of sp³-hybridized carbons (Fsp3) is 0.450. The van der Waals surface area contributed by atoms with Gasteiger partial charge in [0.2, 0.25) is 11.8 Å². The van der Waals surface area contributed by atoms with E-state index in [0.29, 0.717) is 22.5 Å². The molecule has 0 bridgehead atoms. The van der Waals surface area contributed by atoms with Gasteiger partial charge in [-0.1, -0.05) is 90.5 Å². The third-order valence-electron chi connectivity index (χ3n) is 8.24. The van der Waals surface area contributed by atoms with Gasteiger partial charge < -0.3 is 20.1 Å². The van der Waals surface area contributed by atoms with E-state index >= 15 is 0 Å². The molecule has 266 valence electrons. The van der Waals surface area contributed by atoms with Gasteiger partial charge in [-0.3, -0.25) is 14.4 Å². The van der Waals surface area contributed by atoms with Gasteiger partial charge in [-0.25, -0.2) is 9.64 Å². The number of ether oxygens (including phenoxy) is 2. The highest BCUT2D eigenvalue weighted by molar-refractivity contribution is 5.99. The summed E-state index contributed by atoms with van der Waals surface area (Å²) >= 11 is 0. The lowest BCUT2D eigenvalue weighted by Gasteiger charge is -2.14. The first-order valence-electron chi connectivity index (χ1n) is 17.5. The van der Waals surface area contributed by atoms with Crippen LogP contribution in [-0.2, 0) is 28.7 Å². The Balaban J connectivity index is 1.84. The standard InChI is InChI=1S/C40H50N4O6/c1-6-10-12-29(8-3)27-49-39(47)33(26-41)24-31-14-18-34(19-15-31)43-37(45)22-23-38(46)44-35-20-16-32(17-21-35)25-36(42-5)40(48)50-28-30(9-4)13-11-7-2/h14-21,24-25,29-30H,6-13,22-23,27-28H2,1-4H3,(H,43,45)(H,44,46)/b33-24+,36-25-. The van der Waals surface area contributed by atoms with Crippen LogP contribution < -0.4 is 10.6 Å². The Hall–Kier alpha value is -5.22. The second-order valence-corrected chi connectivity index (χ2v) is 12.2. The summed E-state index contributed by atoms with van der Waals surface area (Å²) in [6.07, 6.45) is 10.8. The highest BCUT2D eigenvalue weighted by Crippen LogP contribution is 2.19. The van der Waals surface area contributed by atoms with Gasteiger partial charge >= 0.3 is 11.9 Å². The average molecular weight is 683 g/mol. The van der Waals surface area contributed by atoms with Gasteiger partial charge in [0, 0.05) is 24.2 Å². The highest BCUT2D eigenvalue weighted by atomic mass is 16.5. The molecule has 2 atom stereocenters. The molecular formula is C40H50N4O6. The smallest absolute Gasteiger partial charge is 0.348 e. The van der Waals surface area contributed by atoms with Crippen LogP contribution in [0.25, 0.3) is 17.0 Å². The molecule has 0 aliphatic rings. The molecule has 2 unspecified atom stereocenters. The van der Waals surface area contributed by atoms with Crippen molar-refractivity contribution in [2.45, 2.75) is 91.9 Å². The molecule has 50 heavy (non-hydrogen) atoms. The molecule has 2 N–H and O–H groups in total.